The fourth-order valence-corrected chi connectivity index (χ4v) is 4.49. The zero-order valence-corrected chi connectivity index (χ0v) is 33.4. The molecule has 1 unspecified atom stereocenters. The van der Waals surface area contributed by atoms with Crippen molar-refractivity contribution in [2.24, 2.45) is 4.99 Å². The summed E-state index contributed by atoms with van der Waals surface area (Å²) in [6.45, 7) is 21.4. The second-order valence-corrected chi connectivity index (χ2v) is 11.9. The standard InChI is InChI=1S/C15H24.C13H14N4.C6H5FS.C5H14N2.C2H6.C2H2/c1-4-5-6-7-8-14(3)15-11-9-13(2)10-12-15;1-8-12(15)5-10(7-17-8)9-3-4-11(14)13(6-9)16-2;7-5-1-3-6(8)4-2-5;1-3-7-5-4-6-2;2*1-2/h9-12,14H,4-8H2,1-3H3;3-7H,2,14-15H2,1H3;1-4,8H;6-7H,3-5H2,1-2H3;1-2H3;1-2H. The number of nitrogen functional groups attached to an aromatic ring is 2. The summed E-state index contributed by atoms with van der Waals surface area (Å²) in [6, 6.07) is 22.4. The predicted molar refractivity (Wildman–Crippen MR) is 228 cm³/mol. The topological polar surface area (TPSA) is 101 Å². The normalized spacial score (nSPS) is 10.0. The van der Waals surface area contributed by atoms with Crippen molar-refractivity contribution in [3.05, 3.63) is 102 Å². The number of hydrogen-bond acceptors (Lipinski definition) is 7. The molecule has 3 aromatic carbocycles. The van der Waals surface area contributed by atoms with Crippen molar-refractivity contribution in [3.8, 4) is 24.0 Å². The molecule has 4 aromatic rings. The largest absolute Gasteiger partial charge is 0.397 e. The van der Waals surface area contributed by atoms with E-state index in [0.717, 1.165) is 47.3 Å². The number of thiol groups is 1. The molecule has 51 heavy (non-hydrogen) atoms. The first-order valence-electron chi connectivity index (χ1n) is 17.8. The van der Waals surface area contributed by atoms with Crippen LogP contribution in [-0.4, -0.2) is 38.4 Å². The number of aryl methyl sites for hydroxylation is 2. The van der Waals surface area contributed by atoms with Crippen molar-refractivity contribution in [3.63, 3.8) is 0 Å². The molecule has 0 spiro atoms. The molecule has 0 amide bonds. The fraction of sp³-hybridized carbons (Fsp3) is 0.395. The molecule has 0 saturated carbocycles. The summed E-state index contributed by atoms with van der Waals surface area (Å²) in [5.74, 6) is 0.505. The Balaban J connectivity index is 0. The van der Waals surface area contributed by atoms with E-state index >= 15 is 0 Å². The molecular weight excluding hydrogens is 652 g/mol. The average molecular weight is 717 g/mol. The maximum atomic E-state index is 12.1. The van der Waals surface area contributed by atoms with Crippen molar-refractivity contribution >= 4 is 36.4 Å². The number of hydrogen-bond donors (Lipinski definition) is 5. The van der Waals surface area contributed by atoms with Crippen LogP contribution in [-0.2, 0) is 0 Å². The molecule has 0 bridgehead atoms. The Bertz CT molecular complexity index is 1430. The zero-order valence-electron chi connectivity index (χ0n) is 32.5. The molecular formula is C43H65FN6S. The number of benzene rings is 3. The van der Waals surface area contributed by atoms with Crippen LogP contribution in [0.3, 0.4) is 0 Å². The van der Waals surface area contributed by atoms with Gasteiger partial charge in [0.15, 0.2) is 0 Å². The molecule has 1 atom stereocenters. The number of anilines is 2. The number of nitrogens with zero attached hydrogens (tertiary/aromatic N) is 2. The first-order chi connectivity index (χ1) is 24.6. The average Bonchev–Trinajstić information content (AvgIpc) is 3.15. The molecule has 8 heteroatoms. The monoisotopic (exact) mass is 716 g/mol. The minimum atomic E-state index is -0.220. The van der Waals surface area contributed by atoms with E-state index < -0.39 is 0 Å². The van der Waals surface area contributed by atoms with E-state index in [4.69, 9.17) is 11.5 Å². The van der Waals surface area contributed by atoms with E-state index in [0.29, 0.717) is 17.1 Å². The maximum Gasteiger partial charge on any atom is 0.123 e. The lowest BCUT2D eigenvalue weighted by Crippen LogP contribution is -2.24. The van der Waals surface area contributed by atoms with Crippen LogP contribution in [0.5, 0.6) is 0 Å². The number of unbranched alkanes of at least 4 members (excludes halogenated alkanes) is 3. The first kappa shape index (κ1) is 49.0. The Morgan fingerprint density at radius 1 is 0.863 bits per heavy atom. The number of nitrogens with one attached hydrogen (secondary N) is 2. The molecule has 6 nitrogen and oxygen atoms in total. The fourth-order valence-electron chi connectivity index (χ4n) is 4.34. The molecule has 1 aromatic heterocycles. The van der Waals surface area contributed by atoms with Crippen molar-refractivity contribution in [2.45, 2.75) is 91.4 Å². The van der Waals surface area contributed by atoms with Crippen LogP contribution in [0.4, 0.5) is 21.5 Å². The van der Waals surface area contributed by atoms with Gasteiger partial charge in [-0.1, -0.05) is 96.2 Å². The Morgan fingerprint density at radius 3 is 2.00 bits per heavy atom. The van der Waals surface area contributed by atoms with Gasteiger partial charge in [0.2, 0.25) is 0 Å². The smallest absolute Gasteiger partial charge is 0.123 e. The lowest BCUT2D eigenvalue weighted by molar-refractivity contribution is 0.580. The number of pyridine rings is 1. The van der Waals surface area contributed by atoms with Crippen molar-refractivity contribution < 1.29 is 4.39 Å². The van der Waals surface area contributed by atoms with E-state index in [9.17, 15) is 4.39 Å². The third kappa shape index (κ3) is 23.0. The lowest BCUT2D eigenvalue weighted by Gasteiger charge is -2.11. The van der Waals surface area contributed by atoms with Gasteiger partial charge in [0.1, 0.15) is 5.82 Å². The van der Waals surface area contributed by atoms with Crippen molar-refractivity contribution in [2.75, 3.05) is 38.1 Å². The minimum Gasteiger partial charge on any atom is -0.397 e. The van der Waals surface area contributed by atoms with Crippen LogP contribution in [0.2, 0.25) is 0 Å². The Kier molecular flexibility index (Phi) is 30.5. The SMILES string of the molecule is C#C.C=Nc1cc(-c2cnc(C)c(N)c2)ccc1N.CC.CCCCCCC(C)c1ccc(C)cc1.CCNCCNC.Fc1ccc(S)cc1. The van der Waals surface area contributed by atoms with Crippen LogP contribution in [0, 0.1) is 32.5 Å². The number of rotatable bonds is 12. The van der Waals surface area contributed by atoms with Gasteiger partial charge in [-0.2, -0.15) is 0 Å². The second kappa shape index (κ2) is 31.8. The highest BCUT2D eigenvalue weighted by Gasteiger charge is 2.05. The van der Waals surface area contributed by atoms with Gasteiger partial charge in [0.05, 0.1) is 22.8 Å². The summed E-state index contributed by atoms with van der Waals surface area (Å²) >= 11 is 3.97. The van der Waals surface area contributed by atoms with Gasteiger partial charge in [0.25, 0.3) is 0 Å². The molecule has 1 heterocycles. The third-order valence-corrected chi connectivity index (χ3v) is 7.72. The predicted octanol–water partition coefficient (Wildman–Crippen LogP) is 10.8. The van der Waals surface area contributed by atoms with Crippen molar-refractivity contribution in [1.29, 1.82) is 0 Å². The van der Waals surface area contributed by atoms with E-state index in [1.54, 1.807) is 24.4 Å². The second-order valence-electron chi connectivity index (χ2n) is 11.4. The van der Waals surface area contributed by atoms with E-state index in [2.05, 4.69) is 105 Å². The minimum absolute atomic E-state index is 0.220. The summed E-state index contributed by atoms with van der Waals surface area (Å²) < 4.78 is 12.1. The summed E-state index contributed by atoms with van der Waals surface area (Å²) in [5, 5.41) is 6.23. The molecule has 280 valence electrons. The highest BCUT2D eigenvalue weighted by atomic mass is 32.1. The van der Waals surface area contributed by atoms with Crippen LogP contribution < -0.4 is 22.1 Å². The summed E-state index contributed by atoms with van der Waals surface area (Å²) in [7, 11) is 1.96. The number of terminal acetylenes is 1. The molecule has 0 aliphatic rings. The highest BCUT2D eigenvalue weighted by molar-refractivity contribution is 7.80. The Labute approximate surface area is 315 Å². The van der Waals surface area contributed by atoms with E-state index in [1.165, 1.54) is 55.4 Å². The molecule has 0 radical (unpaired) electrons. The first-order valence-corrected chi connectivity index (χ1v) is 18.3. The molecule has 0 fully saturated rings. The van der Waals surface area contributed by atoms with Gasteiger partial charge >= 0.3 is 0 Å². The van der Waals surface area contributed by atoms with E-state index in [1.807, 2.05) is 46.0 Å². The Morgan fingerprint density at radius 2 is 1.49 bits per heavy atom. The number of aliphatic imine (C=N–C) groups is 1. The number of likely N-dealkylation sites (N-methyl/N-ethyl adjacent to an activating group) is 2. The molecule has 4 rings (SSSR count). The number of halogens is 1. The van der Waals surface area contributed by atoms with Crippen LogP contribution in [0.1, 0.15) is 89.5 Å². The molecule has 0 saturated heterocycles. The van der Waals surface area contributed by atoms with E-state index in [-0.39, 0.29) is 5.82 Å². The molecule has 0 aliphatic carbocycles. The van der Waals surface area contributed by atoms with Crippen molar-refractivity contribution in [1.82, 2.24) is 15.6 Å². The van der Waals surface area contributed by atoms with Gasteiger partial charge in [-0.3, -0.25) is 9.98 Å². The molecule has 6 N–H and O–H groups in total. The summed E-state index contributed by atoms with van der Waals surface area (Å²) in [6.07, 6.45) is 16.6. The van der Waals surface area contributed by atoms with Gasteiger partial charge in [0, 0.05) is 29.7 Å². The van der Waals surface area contributed by atoms with Crippen LogP contribution in [0.15, 0.2) is 88.9 Å². The molecule has 0 aliphatic heterocycles. The Hall–Kier alpha value is -4.16. The zero-order chi connectivity index (χ0) is 39.0. The number of nitrogens with two attached hydrogens (primary N) is 2. The lowest BCUT2D eigenvalue weighted by atomic mass is 9.94. The van der Waals surface area contributed by atoms with Crippen LogP contribution >= 0.6 is 12.6 Å². The maximum absolute atomic E-state index is 12.1. The third-order valence-electron chi connectivity index (χ3n) is 7.43. The summed E-state index contributed by atoms with van der Waals surface area (Å²) in [5.41, 5.74) is 19.1. The number of aromatic nitrogens is 1. The quantitative estimate of drug-likeness (QED) is 0.0330. The summed E-state index contributed by atoms with van der Waals surface area (Å²) in [4.78, 5) is 8.88. The van der Waals surface area contributed by atoms with Gasteiger partial charge in [-0.15, -0.1) is 25.5 Å². The van der Waals surface area contributed by atoms with Gasteiger partial charge in [-0.05, 0) is 100 Å². The van der Waals surface area contributed by atoms with Crippen LogP contribution in [0.25, 0.3) is 11.1 Å². The highest BCUT2D eigenvalue weighted by Crippen LogP contribution is 2.29. The van der Waals surface area contributed by atoms with Gasteiger partial charge in [-0.25, -0.2) is 4.39 Å². The van der Waals surface area contributed by atoms with Gasteiger partial charge < -0.3 is 22.1 Å².